The predicted molar refractivity (Wildman–Crippen MR) is 119 cm³/mol. The van der Waals surface area contributed by atoms with Crippen molar-refractivity contribution in [1.82, 2.24) is 20.1 Å². The molecule has 166 valence electrons. The van der Waals surface area contributed by atoms with E-state index in [1.807, 2.05) is 23.1 Å². The lowest BCUT2D eigenvalue weighted by atomic mass is 10.0. The molecule has 7 nitrogen and oxygen atoms in total. The molecule has 0 radical (unpaired) electrons. The van der Waals surface area contributed by atoms with Crippen LogP contribution < -0.4 is 5.32 Å². The molecule has 2 saturated heterocycles. The van der Waals surface area contributed by atoms with E-state index in [1.165, 1.54) is 25.7 Å². The second-order valence-corrected chi connectivity index (χ2v) is 8.44. The number of benzene rings is 1. The van der Waals surface area contributed by atoms with Crippen molar-refractivity contribution in [1.29, 1.82) is 0 Å². The van der Waals surface area contributed by atoms with Gasteiger partial charge in [0.1, 0.15) is 0 Å². The van der Waals surface area contributed by atoms with Gasteiger partial charge in [0.2, 0.25) is 0 Å². The van der Waals surface area contributed by atoms with Gasteiger partial charge in [0.05, 0.1) is 5.56 Å². The van der Waals surface area contributed by atoms with Gasteiger partial charge in [-0.05, 0) is 64.2 Å². The molecule has 2 aliphatic rings. The third kappa shape index (κ3) is 5.34. The van der Waals surface area contributed by atoms with Crippen LogP contribution in [-0.4, -0.2) is 65.9 Å². The quantitative estimate of drug-likeness (QED) is 0.688. The largest absolute Gasteiger partial charge is 0.443 e. The first-order valence-electron chi connectivity index (χ1n) is 11.6. The first-order chi connectivity index (χ1) is 15.2. The molecule has 0 spiro atoms. The molecule has 0 bridgehead atoms. The Balaban J connectivity index is 1.42. The highest BCUT2D eigenvalue weighted by molar-refractivity contribution is 6.04. The number of hydrogen-bond acceptors (Lipinski definition) is 5. The van der Waals surface area contributed by atoms with Gasteiger partial charge in [-0.25, -0.2) is 4.98 Å². The molecular formula is C24H32N4O3. The van der Waals surface area contributed by atoms with Gasteiger partial charge in [0.25, 0.3) is 11.8 Å². The number of nitrogens with zero attached hydrogens (tertiary/aromatic N) is 3. The molecule has 2 fully saturated rings. The van der Waals surface area contributed by atoms with Crippen LogP contribution >= 0.6 is 0 Å². The lowest BCUT2D eigenvalue weighted by Gasteiger charge is -2.27. The van der Waals surface area contributed by atoms with Crippen LogP contribution in [0, 0.1) is 0 Å². The molecule has 0 atom stereocenters. The number of nitrogens with one attached hydrogen (secondary N) is 1. The van der Waals surface area contributed by atoms with Crippen LogP contribution in [0.5, 0.6) is 0 Å². The second kappa shape index (κ2) is 10.6. The normalized spacial score (nSPS) is 17.5. The predicted octanol–water partition coefficient (Wildman–Crippen LogP) is 3.57. The molecule has 7 heteroatoms. The standard InChI is InChI=1S/C24H32N4O3/c29-23(25-12-9-15-27-13-5-1-6-14-27)21-22(31-18-26-21)19-10-3-4-11-20(19)24(30)28-16-7-2-8-17-28/h3-4,10-11,18H,1-2,5-9,12-17H2,(H,25,29). The third-order valence-corrected chi connectivity index (χ3v) is 6.21. The van der Waals surface area contributed by atoms with E-state index >= 15 is 0 Å². The smallest absolute Gasteiger partial charge is 0.273 e. The minimum atomic E-state index is -0.261. The summed E-state index contributed by atoms with van der Waals surface area (Å²) in [6.07, 6.45) is 9.26. The van der Waals surface area contributed by atoms with Crippen molar-refractivity contribution in [2.45, 2.75) is 44.9 Å². The summed E-state index contributed by atoms with van der Waals surface area (Å²) in [5.41, 5.74) is 1.41. The van der Waals surface area contributed by atoms with Crippen molar-refractivity contribution in [3.63, 3.8) is 0 Å². The fourth-order valence-electron chi connectivity index (χ4n) is 4.51. The van der Waals surface area contributed by atoms with Gasteiger partial charge in [-0.2, -0.15) is 0 Å². The summed E-state index contributed by atoms with van der Waals surface area (Å²) >= 11 is 0. The average Bonchev–Trinajstić information content (AvgIpc) is 3.32. The van der Waals surface area contributed by atoms with Gasteiger partial charge in [-0.15, -0.1) is 0 Å². The summed E-state index contributed by atoms with van der Waals surface area (Å²) in [6, 6.07) is 7.32. The summed E-state index contributed by atoms with van der Waals surface area (Å²) in [7, 11) is 0. The lowest BCUT2D eigenvalue weighted by Crippen LogP contribution is -2.36. The Kier molecular flexibility index (Phi) is 7.35. The van der Waals surface area contributed by atoms with Crippen LogP contribution in [0.15, 0.2) is 35.1 Å². The van der Waals surface area contributed by atoms with E-state index in [4.69, 9.17) is 4.42 Å². The monoisotopic (exact) mass is 424 g/mol. The molecule has 3 heterocycles. The van der Waals surface area contributed by atoms with Crippen LogP contribution in [0.4, 0.5) is 0 Å². The Morgan fingerprint density at radius 3 is 2.45 bits per heavy atom. The van der Waals surface area contributed by atoms with Crippen molar-refractivity contribution in [3.05, 3.63) is 41.9 Å². The molecular weight excluding hydrogens is 392 g/mol. The minimum absolute atomic E-state index is 0.0143. The number of amides is 2. The molecule has 0 unspecified atom stereocenters. The number of likely N-dealkylation sites (tertiary alicyclic amines) is 2. The van der Waals surface area contributed by atoms with Gasteiger partial charge in [0, 0.05) is 25.2 Å². The highest BCUT2D eigenvalue weighted by Gasteiger charge is 2.25. The Bertz CT molecular complexity index is 882. The number of rotatable bonds is 7. The summed E-state index contributed by atoms with van der Waals surface area (Å²) in [5, 5.41) is 2.96. The number of carbonyl (C=O) groups excluding carboxylic acids is 2. The van der Waals surface area contributed by atoms with E-state index in [1.54, 1.807) is 6.07 Å². The maximum Gasteiger partial charge on any atom is 0.273 e. The summed E-state index contributed by atoms with van der Waals surface area (Å²) in [4.78, 5) is 34.4. The first kappa shape index (κ1) is 21.6. The number of piperidine rings is 2. The maximum atomic E-state index is 13.1. The molecule has 1 N–H and O–H groups in total. The van der Waals surface area contributed by atoms with Gasteiger partial charge < -0.3 is 19.5 Å². The van der Waals surface area contributed by atoms with Crippen molar-refractivity contribution >= 4 is 11.8 Å². The SMILES string of the molecule is O=C(NCCCN1CCCCC1)c1ncoc1-c1ccccc1C(=O)N1CCCCC1. The van der Waals surface area contributed by atoms with E-state index < -0.39 is 0 Å². The van der Waals surface area contributed by atoms with Crippen LogP contribution in [0.1, 0.15) is 65.8 Å². The number of carbonyl (C=O) groups is 2. The molecule has 2 amide bonds. The van der Waals surface area contributed by atoms with Crippen LogP contribution in [0.25, 0.3) is 11.3 Å². The fourth-order valence-corrected chi connectivity index (χ4v) is 4.51. The van der Waals surface area contributed by atoms with Gasteiger partial charge in [-0.3, -0.25) is 9.59 Å². The van der Waals surface area contributed by atoms with Crippen molar-refractivity contribution in [2.75, 3.05) is 39.3 Å². The molecule has 4 rings (SSSR count). The van der Waals surface area contributed by atoms with E-state index in [0.717, 1.165) is 58.4 Å². The Morgan fingerprint density at radius 2 is 1.68 bits per heavy atom. The van der Waals surface area contributed by atoms with Crippen LogP contribution in [0.2, 0.25) is 0 Å². The van der Waals surface area contributed by atoms with E-state index in [0.29, 0.717) is 23.4 Å². The topological polar surface area (TPSA) is 78.7 Å². The second-order valence-electron chi connectivity index (χ2n) is 8.44. The van der Waals surface area contributed by atoms with Gasteiger partial charge >= 0.3 is 0 Å². The molecule has 2 aromatic rings. The molecule has 0 saturated carbocycles. The van der Waals surface area contributed by atoms with Gasteiger partial charge in [-0.1, -0.05) is 24.6 Å². The van der Waals surface area contributed by atoms with Crippen LogP contribution in [-0.2, 0) is 0 Å². The Morgan fingerprint density at radius 1 is 0.968 bits per heavy atom. The molecule has 1 aromatic carbocycles. The summed E-state index contributed by atoms with van der Waals surface area (Å²) < 4.78 is 5.60. The Labute approximate surface area is 183 Å². The minimum Gasteiger partial charge on any atom is -0.443 e. The van der Waals surface area contributed by atoms with Crippen molar-refractivity contribution in [2.24, 2.45) is 0 Å². The van der Waals surface area contributed by atoms with Gasteiger partial charge in [0.15, 0.2) is 17.8 Å². The number of aromatic nitrogens is 1. The Hall–Kier alpha value is -2.67. The van der Waals surface area contributed by atoms with E-state index in [9.17, 15) is 9.59 Å². The molecule has 1 aromatic heterocycles. The molecule has 31 heavy (non-hydrogen) atoms. The highest BCUT2D eigenvalue weighted by Crippen LogP contribution is 2.28. The summed E-state index contributed by atoms with van der Waals surface area (Å²) in [6.45, 7) is 5.45. The third-order valence-electron chi connectivity index (χ3n) is 6.21. The van der Waals surface area contributed by atoms with E-state index in [2.05, 4.69) is 15.2 Å². The summed E-state index contributed by atoms with van der Waals surface area (Å²) in [5.74, 6) is 0.0803. The highest BCUT2D eigenvalue weighted by atomic mass is 16.3. The number of oxazole rings is 1. The van der Waals surface area contributed by atoms with Crippen LogP contribution in [0.3, 0.4) is 0 Å². The first-order valence-corrected chi connectivity index (χ1v) is 11.6. The average molecular weight is 425 g/mol. The molecule has 0 aliphatic carbocycles. The maximum absolute atomic E-state index is 13.1. The van der Waals surface area contributed by atoms with Crippen molar-refractivity contribution < 1.29 is 14.0 Å². The van der Waals surface area contributed by atoms with E-state index in [-0.39, 0.29) is 17.5 Å². The number of hydrogen-bond donors (Lipinski definition) is 1. The lowest BCUT2D eigenvalue weighted by molar-refractivity contribution is 0.0724. The fraction of sp³-hybridized carbons (Fsp3) is 0.542. The zero-order valence-electron chi connectivity index (χ0n) is 18.1. The zero-order valence-corrected chi connectivity index (χ0v) is 18.1. The zero-order chi connectivity index (χ0) is 21.5. The molecule has 2 aliphatic heterocycles. The van der Waals surface area contributed by atoms with Crippen molar-refractivity contribution in [3.8, 4) is 11.3 Å².